The third-order valence-corrected chi connectivity index (χ3v) is 6.38. The van der Waals surface area contributed by atoms with E-state index in [1.165, 1.54) is 87.6 Å². The summed E-state index contributed by atoms with van der Waals surface area (Å²) in [5, 5.41) is 0. The molecule has 0 unspecified atom stereocenters. The standard InChI is InChI=1S/C26H41N3/c1-21(2)19-25-24(20-22-15-11-10-12-16-22)28-26(27)29(25)23-17-13-8-6-4-3-5-7-9-14-18-23/h10-12,15-16,21,23H,3-9,13-14,17-20H2,1-2H3,(H2,27,28). The number of anilines is 1. The average molecular weight is 396 g/mol. The number of hydrogen-bond donors (Lipinski definition) is 1. The molecular weight excluding hydrogens is 354 g/mol. The lowest BCUT2D eigenvalue weighted by atomic mass is 9.96. The van der Waals surface area contributed by atoms with Crippen LogP contribution in [0.25, 0.3) is 0 Å². The quantitative estimate of drug-likeness (QED) is 0.586. The van der Waals surface area contributed by atoms with Crippen molar-refractivity contribution < 1.29 is 0 Å². The van der Waals surface area contributed by atoms with Gasteiger partial charge in [0.05, 0.1) is 5.69 Å². The normalized spacial score (nSPS) is 17.8. The van der Waals surface area contributed by atoms with Gasteiger partial charge in [-0.3, -0.25) is 0 Å². The lowest BCUT2D eigenvalue weighted by molar-refractivity contribution is 0.379. The van der Waals surface area contributed by atoms with Crippen LogP contribution in [0.3, 0.4) is 0 Å². The van der Waals surface area contributed by atoms with Gasteiger partial charge < -0.3 is 10.3 Å². The van der Waals surface area contributed by atoms with Crippen molar-refractivity contribution in [1.82, 2.24) is 9.55 Å². The summed E-state index contributed by atoms with van der Waals surface area (Å²) in [6, 6.07) is 11.2. The van der Waals surface area contributed by atoms with Crippen molar-refractivity contribution in [3.8, 4) is 0 Å². The molecule has 0 atom stereocenters. The minimum absolute atomic E-state index is 0.514. The third kappa shape index (κ3) is 6.62. The second-order valence-electron chi connectivity index (χ2n) is 9.41. The first-order valence-corrected chi connectivity index (χ1v) is 12.0. The van der Waals surface area contributed by atoms with Crippen LogP contribution in [-0.2, 0) is 12.8 Å². The topological polar surface area (TPSA) is 43.8 Å². The molecule has 1 saturated carbocycles. The lowest BCUT2D eigenvalue weighted by Gasteiger charge is -2.24. The molecule has 1 aliphatic carbocycles. The largest absolute Gasteiger partial charge is 0.369 e. The molecule has 3 heteroatoms. The van der Waals surface area contributed by atoms with Gasteiger partial charge in [0.2, 0.25) is 5.95 Å². The number of nitrogens with zero attached hydrogens (tertiary/aromatic N) is 2. The van der Waals surface area contributed by atoms with Crippen LogP contribution < -0.4 is 5.73 Å². The van der Waals surface area contributed by atoms with Gasteiger partial charge in [0.15, 0.2) is 0 Å². The van der Waals surface area contributed by atoms with Gasteiger partial charge in [0.25, 0.3) is 0 Å². The molecule has 1 aromatic carbocycles. The van der Waals surface area contributed by atoms with Crippen LogP contribution in [0.4, 0.5) is 5.95 Å². The van der Waals surface area contributed by atoms with E-state index in [4.69, 9.17) is 10.7 Å². The Kier molecular flexibility index (Phi) is 8.64. The fourth-order valence-corrected chi connectivity index (χ4v) is 4.87. The number of benzene rings is 1. The number of nitrogen functional groups attached to an aromatic ring is 1. The highest BCUT2D eigenvalue weighted by Gasteiger charge is 2.23. The Morgan fingerprint density at radius 3 is 2.00 bits per heavy atom. The highest BCUT2D eigenvalue weighted by atomic mass is 15.2. The number of imidazole rings is 1. The number of nitrogens with two attached hydrogens (primary N) is 1. The van der Waals surface area contributed by atoms with E-state index in [1.54, 1.807) is 0 Å². The van der Waals surface area contributed by atoms with Crippen LogP contribution in [0.15, 0.2) is 30.3 Å². The summed E-state index contributed by atoms with van der Waals surface area (Å²) in [5.74, 6) is 1.34. The van der Waals surface area contributed by atoms with Crippen molar-refractivity contribution >= 4 is 5.95 Å². The van der Waals surface area contributed by atoms with Gasteiger partial charge >= 0.3 is 0 Å². The van der Waals surface area contributed by atoms with Gasteiger partial charge in [-0.2, -0.15) is 0 Å². The molecule has 0 aliphatic heterocycles. The smallest absolute Gasteiger partial charge is 0.200 e. The zero-order valence-corrected chi connectivity index (χ0v) is 18.7. The van der Waals surface area contributed by atoms with E-state index in [0.29, 0.717) is 12.0 Å². The second-order valence-corrected chi connectivity index (χ2v) is 9.41. The Balaban J connectivity index is 1.85. The summed E-state index contributed by atoms with van der Waals surface area (Å²) in [5.41, 5.74) is 10.5. The average Bonchev–Trinajstić information content (AvgIpc) is 2.97. The molecule has 0 amide bonds. The first kappa shape index (κ1) is 21.9. The van der Waals surface area contributed by atoms with Crippen LogP contribution in [0.2, 0.25) is 0 Å². The van der Waals surface area contributed by atoms with E-state index in [2.05, 4.69) is 48.7 Å². The molecule has 0 spiro atoms. The first-order chi connectivity index (χ1) is 14.1. The van der Waals surface area contributed by atoms with Crippen LogP contribution in [0.5, 0.6) is 0 Å². The van der Waals surface area contributed by atoms with Crippen LogP contribution >= 0.6 is 0 Å². The zero-order chi connectivity index (χ0) is 20.5. The molecule has 2 N–H and O–H groups in total. The molecule has 0 bridgehead atoms. The predicted molar refractivity (Wildman–Crippen MR) is 124 cm³/mol. The summed E-state index contributed by atoms with van der Waals surface area (Å²) in [6.07, 6.45) is 16.8. The molecule has 1 aromatic heterocycles. The van der Waals surface area contributed by atoms with Crippen molar-refractivity contribution in [2.24, 2.45) is 5.92 Å². The van der Waals surface area contributed by atoms with Crippen LogP contribution in [-0.4, -0.2) is 9.55 Å². The predicted octanol–water partition coefficient (Wildman–Crippen LogP) is 7.10. The molecule has 2 aromatic rings. The number of aromatic nitrogens is 2. The Bertz CT molecular complexity index is 705. The van der Waals surface area contributed by atoms with Gasteiger partial charge in [-0.05, 0) is 30.7 Å². The fourth-order valence-electron chi connectivity index (χ4n) is 4.87. The van der Waals surface area contributed by atoms with Crippen molar-refractivity contribution in [2.45, 2.75) is 103 Å². The summed E-state index contributed by atoms with van der Waals surface area (Å²) >= 11 is 0. The first-order valence-electron chi connectivity index (χ1n) is 12.0. The number of rotatable bonds is 5. The molecule has 1 fully saturated rings. The van der Waals surface area contributed by atoms with Crippen molar-refractivity contribution in [1.29, 1.82) is 0 Å². The van der Waals surface area contributed by atoms with Gasteiger partial charge in [0, 0.05) is 18.2 Å². The molecule has 1 heterocycles. The lowest BCUT2D eigenvalue weighted by Crippen LogP contribution is -2.17. The van der Waals surface area contributed by atoms with E-state index < -0.39 is 0 Å². The molecule has 0 saturated heterocycles. The zero-order valence-electron chi connectivity index (χ0n) is 18.7. The molecule has 0 radical (unpaired) electrons. The van der Waals surface area contributed by atoms with Crippen molar-refractivity contribution in [3.63, 3.8) is 0 Å². The minimum atomic E-state index is 0.514. The van der Waals surface area contributed by atoms with E-state index in [9.17, 15) is 0 Å². The fraction of sp³-hybridized carbons (Fsp3) is 0.654. The minimum Gasteiger partial charge on any atom is -0.369 e. The molecule has 1 aliphatic rings. The van der Waals surface area contributed by atoms with E-state index >= 15 is 0 Å². The van der Waals surface area contributed by atoms with Crippen molar-refractivity contribution in [3.05, 3.63) is 47.3 Å². The molecule has 160 valence electrons. The maximum absolute atomic E-state index is 6.57. The monoisotopic (exact) mass is 395 g/mol. The van der Waals surface area contributed by atoms with Crippen LogP contribution in [0.1, 0.15) is 107 Å². The molecular formula is C26H41N3. The highest BCUT2D eigenvalue weighted by Crippen LogP contribution is 2.32. The second kappa shape index (κ2) is 11.4. The maximum atomic E-state index is 6.57. The SMILES string of the molecule is CC(C)Cc1c(Cc2ccccc2)nc(N)n1C1CCCCCCCCCCC1. The van der Waals surface area contributed by atoms with E-state index in [-0.39, 0.29) is 0 Å². The highest BCUT2D eigenvalue weighted by molar-refractivity contribution is 5.34. The summed E-state index contributed by atoms with van der Waals surface area (Å²) in [4.78, 5) is 4.90. The third-order valence-electron chi connectivity index (χ3n) is 6.38. The summed E-state index contributed by atoms with van der Waals surface area (Å²) in [6.45, 7) is 4.61. The summed E-state index contributed by atoms with van der Waals surface area (Å²) in [7, 11) is 0. The van der Waals surface area contributed by atoms with E-state index in [0.717, 1.165) is 18.8 Å². The molecule has 3 nitrogen and oxygen atoms in total. The molecule has 29 heavy (non-hydrogen) atoms. The molecule has 3 rings (SSSR count). The van der Waals surface area contributed by atoms with Gasteiger partial charge in [0.1, 0.15) is 0 Å². The Morgan fingerprint density at radius 1 is 0.897 bits per heavy atom. The Morgan fingerprint density at radius 2 is 1.45 bits per heavy atom. The van der Waals surface area contributed by atoms with Gasteiger partial charge in [-0.25, -0.2) is 4.98 Å². The Hall–Kier alpha value is -1.77. The van der Waals surface area contributed by atoms with Gasteiger partial charge in [-0.15, -0.1) is 0 Å². The maximum Gasteiger partial charge on any atom is 0.200 e. The Labute approximate surface area is 178 Å². The summed E-state index contributed by atoms with van der Waals surface area (Å²) < 4.78 is 2.45. The van der Waals surface area contributed by atoms with Crippen molar-refractivity contribution in [2.75, 3.05) is 5.73 Å². The van der Waals surface area contributed by atoms with Gasteiger partial charge in [-0.1, -0.05) is 102 Å². The van der Waals surface area contributed by atoms with Crippen LogP contribution in [0, 0.1) is 5.92 Å². The number of hydrogen-bond acceptors (Lipinski definition) is 2. The van der Waals surface area contributed by atoms with E-state index in [1.807, 2.05) is 0 Å².